The van der Waals surface area contributed by atoms with E-state index in [1.165, 1.54) is 6.07 Å². The van der Waals surface area contributed by atoms with E-state index in [0.29, 0.717) is 49.4 Å². The second-order valence-electron chi connectivity index (χ2n) is 10.9. The van der Waals surface area contributed by atoms with E-state index in [1.54, 1.807) is 6.07 Å². The SMILES string of the molecule is CN1CCN(C(=O)C2=CCC(C3=C4NC(C#N)=CCC4CC(=NCc4c(F)ccc5c4CCO5)N=C3)C=C2)CC1. The van der Waals surface area contributed by atoms with Crippen LogP contribution >= 0.6 is 0 Å². The number of rotatable bonds is 4. The van der Waals surface area contributed by atoms with Crippen LogP contribution in [0.3, 0.4) is 0 Å². The number of halogens is 1. The van der Waals surface area contributed by atoms with Crippen molar-refractivity contribution in [2.24, 2.45) is 21.8 Å². The number of benzene rings is 1. The van der Waals surface area contributed by atoms with Crippen molar-refractivity contribution in [2.75, 3.05) is 39.8 Å². The highest BCUT2D eigenvalue weighted by atomic mass is 19.1. The van der Waals surface area contributed by atoms with Gasteiger partial charge in [0.25, 0.3) is 5.91 Å². The van der Waals surface area contributed by atoms with Gasteiger partial charge in [0.15, 0.2) is 0 Å². The van der Waals surface area contributed by atoms with E-state index in [0.717, 1.165) is 54.3 Å². The number of hydrogen-bond donors (Lipinski definition) is 1. The minimum Gasteiger partial charge on any atom is -0.493 e. The third-order valence-electron chi connectivity index (χ3n) is 8.39. The number of carbonyl (C=O) groups is 1. The number of ether oxygens (including phenoxy) is 1. The van der Waals surface area contributed by atoms with E-state index in [-0.39, 0.29) is 30.1 Å². The summed E-state index contributed by atoms with van der Waals surface area (Å²) >= 11 is 0. The maximum atomic E-state index is 14.7. The fraction of sp³-hybridized carbons (Fsp3) is 0.419. The van der Waals surface area contributed by atoms with E-state index in [4.69, 9.17) is 14.7 Å². The minimum absolute atomic E-state index is 0.0159. The maximum Gasteiger partial charge on any atom is 0.253 e. The Morgan fingerprint density at radius 1 is 1.25 bits per heavy atom. The van der Waals surface area contributed by atoms with E-state index >= 15 is 0 Å². The van der Waals surface area contributed by atoms with Gasteiger partial charge in [-0.1, -0.05) is 18.2 Å². The standard InChI is InChI=1S/C31H33FN6O2/c1-37-11-13-38(14-12-37)31(39)21-4-2-20(3-5-21)25-18-34-29(16-22-6-7-23(17-33)36-30(22)25)35-19-26-24-10-15-40-28(24)9-8-27(26)32/h2,4-5,7-9,18,20,22,36H,3,6,10-16,19H2,1H3. The zero-order valence-corrected chi connectivity index (χ0v) is 22.7. The molecule has 1 saturated heterocycles. The summed E-state index contributed by atoms with van der Waals surface area (Å²) in [5.41, 5.74) is 4.69. The lowest BCUT2D eigenvalue weighted by molar-refractivity contribution is -0.128. The number of amidine groups is 1. The number of carbonyl (C=O) groups excluding carboxylic acids is 1. The van der Waals surface area contributed by atoms with Crippen LogP contribution in [0.4, 0.5) is 4.39 Å². The summed E-state index contributed by atoms with van der Waals surface area (Å²) in [6, 6.07) is 5.36. The second-order valence-corrected chi connectivity index (χ2v) is 10.9. The molecular formula is C31H33FN6O2. The van der Waals surface area contributed by atoms with Gasteiger partial charge in [-0.15, -0.1) is 0 Å². The summed E-state index contributed by atoms with van der Waals surface area (Å²) in [5, 5.41) is 12.9. The predicted molar refractivity (Wildman–Crippen MR) is 151 cm³/mol. The molecule has 1 aromatic rings. The number of fused-ring (bicyclic) bond motifs is 2. The summed E-state index contributed by atoms with van der Waals surface area (Å²) in [4.78, 5) is 26.7. The molecule has 2 atom stereocenters. The average Bonchev–Trinajstić information content (AvgIpc) is 3.38. The average molecular weight is 541 g/mol. The lowest BCUT2D eigenvalue weighted by Crippen LogP contribution is -2.47. The van der Waals surface area contributed by atoms with Crippen LogP contribution in [-0.2, 0) is 17.8 Å². The molecule has 0 bridgehead atoms. The van der Waals surface area contributed by atoms with Crippen LogP contribution in [0.25, 0.3) is 0 Å². The van der Waals surface area contributed by atoms with Crippen molar-refractivity contribution in [1.29, 1.82) is 5.26 Å². The zero-order valence-electron chi connectivity index (χ0n) is 22.7. The summed E-state index contributed by atoms with van der Waals surface area (Å²) in [6.45, 7) is 4.02. The first-order valence-electron chi connectivity index (χ1n) is 14.0. The summed E-state index contributed by atoms with van der Waals surface area (Å²) in [5.74, 6) is 1.30. The van der Waals surface area contributed by atoms with E-state index in [9.17, 15) is 14.4 Å². The molecule has 1 aliphatic carbocycles. The van der Waals surface area contributed by atoms with Crippen molar-refractivity contribution >= 4 is 18.0 Å². The number of amides is 1. The van der Waals surface area contributed by atoms with Gasteiger partial charge in [-0.25, -0.2) is 9.38 Å². The van der Waals surface area contributed by atoms with E-state index in [2.05, 4.69) is 29.4 Å². The fourth-order valence-corrected chi connectivity index (χ4v) is 5.99. The van der Waals surface area contributed by atoms with Crippen molar-refractivity contribution in [3.63, 3.8) is 0 Å². The molecule has 1 amide bonds. The molecule has 0 radical (unpaired) electrons. The third kappa shape index (κ3) is 5.24. The first-order chi connectivity index (χ1) is 19.5. The summed E-state index contributed by atoms with van der Waals surface area (Å²) in [6.07, 6.45) is 12.4. The Morgan fingerprint density at radius 3 is 2.88 bits per heavy atom. The first kappa shape index (κ1) is 26.2. The number of allylic oxidation sites excluding steroid dienone is 6. The number of hydrogen-bond acceptors (Lipinski definition) is 6. The molecule has 206 valence electrons. The van der Waals surface area contributed by atoms with Gasteiger partial charge in [-0.3, -0.25) is 9.79 Å². The fourth-order valence-electron chi connectivity index (χ4n) is 5.99. The van der Waals surface area contributed by atoms with E-state index in [1.807, 2.05) is 29.3 Å². The summed E-state index contributed by atoms with van der Waals surface area (Å²) in [7, 11) is 2.08. The molecule has 4 heterocycles. The Labute approximate surface area is 233 Å². The highest BCUT2D eigenvalue weighted by Crippen LogP contribution is 2.35. The maximum absolute atomic E-state index is 14.7. The van der Waals surface area contributed by atoms with Gasteiger partial charge in [0.1, 0.15) is 29.2 Å². The van der Waals surface area contributed by atoms with Crippen LogP contribution in [0.2, 0.25) is 0 Å². The van der Waals surface area contributed by atoms with Crippen LogP contribution in [0.1, 0.15) is 30.4 Å². The molecular weight excluding hydrogens is 507 g/mol. The third-order valence-corrected chi connectivity index (χ3v) is 8.39. The quantitative estimate of drug-likeness (QED) is 0.629. The topological polar surface area (TPSA) is 93.3 Å². The molecule has 1 fully saturated rings. The second kappa shape index (κ2) is 11.2. The minimum atomic E-state index is -0.271. The smallest absolute Gasteiger partial charge is 0.253 e. The molecule has 0 aromatic heterocycles. The molecule has 0 saturated carbocycles. The van der Waals surface area contributed by atoms with Gasteiger partial charge in [0.05, 0.1) is 13.2 Å². The van der Waals surface area contributed by atoms with Gasteiger partial charge < -0.3 is 19.9 Å². The van der Waals surface area contributed by atoms with Crippen molar-refractivity contribution in [1.82, 2.24) is 15.1 Å². The highest BCUT2D eigenvalue weighted by Gasteiger charge is 2.30. The molecule has 6 rings (SSSR count). The Morgan fingerprint density at radius 2 is 2.10 bits per heavy atom. The lowest BCUT2D eigenvalue weighted by Gasteiger charge is -2.33. The Hall–Kier alpha value is -4.03. The highest BCUT2D eigenvalue weighted by molar-refractivity contribution is 5.98. The van der Waals surface area contributed by atoms with Crippen LogP contribution < -0.4 is 10.1 Å². The normalized spacial score (nSPS) is 25.3. The van der Waals surface area contributed by atoms with Crippen molar-refractivity contribution in [3.05, 3.63) is 75.9 Å². The molecule has 5 aliphatic rings. The molecule has 1 N–H and O–H groups in total. The Balaban J connectivity index is 1.23. The monoisotopic (exact) mass is 540 g/mol. The molecule has 4 aliphatic heterocycles. The number of nitriles is 1. The number of nitrogens with zero attached hydrogens (tertiary/aromatic N) is 5. The zero-order chi connectivity index (χ0) is 27.6. The van der Waals surface area contributed by atoms with Crippen molar-refractivity contribution in [3.8, 4) is 11.8 Å². The van der Waals surface area contributed by atoms with Gasteiger partial charge in [0.2, 0.25) is 0 Å². The molecule has 0 spiro atoms. The van der Waals surface area contributed by atoms with E-state index < -0.39 is 0 Å². The van der Waals surface area contributed by atoms with Crippen molar-refractivity contribution in [2.45, 2.75) is 32.2 Å². The van der Waals surface area contributed by atoms with Gasteiger partial charge in [-0.05, 0) is 43.7 Å². The molecule has 40 heavy (non-hydrogen) atoms. The lowest BCUT2D eigenvalue weighted by atomic mass is 9.83. The summed E-state index contributed by atoms with van der Waals surface area (Å²) < 4.78 is 20.3. The molecule has 1 aromatic carbocycles. The molecule has 2 unspecified atom stereocenters. The van der Waals surface area contributed by atoms with Gasteiger partial charge >= 0.3 is 0 Å². The Kier molecular flexibility index (Phi) is 7.35. The van der Waals surface area contributed by atoms with Crippen LogP contribution in [0.5, 0.6) is 5.75 Å². The molecule has 8 nitrogen and oxygen atoms in total. The number of nitrogens with one attached hydrogen (secondary N) is 1. The molecule has 9 heteroatoms. The largest absolute Gasteiger partial charge is 0.493 e. The number of likely N-dealkylation sites (N-methyl/N-ethyl adjacent to an activating group) is 1. The Bertz CT molecular complexity index is 1440. The predicted octanol–water partition coefficient (Wildman–Crippen LogP) is 3.68. The van der Waals surface area contributed by atoms with Gasteiger partial charge in [0, 0.05) is 79.5 Å². The van der Waals surface area contributed by atoms with Crippen LogP contribution in [0.15, 0.2) is 69.0 Å². The first-order valence-corrected chi connectivity index (χ1v) is 14.0. The van der Waals surface area contributed by atoms with Gasteiger partial charge in [-0.2, -0.15) is 5.26 Å². The number of piperazine rings is 1. The number of aliphatic imine (C=N–C) groups is 2. The van der Waals surface area contributed by atoms with Crippen LogP contribution in [-0.4, -0.2) is 67.6 Å². The van der Waals surface area contributed by atoms with Crippen molar-refractivity contribution < 1.29 is 13.9 Å². The van der Waals surface area contributed by atoms with Crippen LogP contribution in [0, 0.1) is 29.0 Å².